The Labute approximate surface area is 109 Å². The third kappa shape index (κ3) is 7.77. The maximum Gasteiger partial charge on any atom is 0.0518 e. The van der Waals surface area contributed by atoms with Gasteiger partial charge >= 0.3 is 0 Å². The van der Waals surface area contributed by atoms with Crippen LogP contribution in [-0.2, 0) is 4.74 Å². The van der Waals surface area contributed by atoms with E-state index in [9.17, 15) is 0 Å². The van der Waals surface area contributed by atoms with E-state index in [1.54, 1.807) is 0 Å². The Morgan fingerprint density at radius 1 is 1.06 bits per heavy atom. The van der Waals surface area contributed by atoms with Gasteiger partial charge in [-0.15, -0.1) is 0 Å². The number of nitrogens with one attached hydrogen (secondary N) is 1. The summed E-state index contributed by atoms with van der Waals surface area (Å²) in [5, 5.41) is 3.65. The van der Waals surface area contributed by atoms with Crippen LogP contribution in [0.5, 0.6) is 0 Å². The molecule has 0 spiro atoms. The minimum absolute atomic E-state index is 0.203. The highest BCUT2D eigenvalue weighted by Crippen LogP contribution is 2.30. The maximum absolute atomic E-state index is 5.71. The van der Waals surface area contributed by atoms with Crippen LogP contribution in [0.4, 0.5) is 0 Å². The molecule has 2 heteroatoms. The zero-order valence-electron chi connectivity index (χ0n) is 13.0. The number of hydrogen-bond donors (Lipinski definition) is 1. The molecule has 0 aliphatic carbocycles. The lowest BCUT2D eigenvalue weighted by Gasteiger charge is -2.35. The van der Waals surface area contributed by atoms with Crippen molar-refractivity contribution in [3.8, 4) is 0 Å². The molecule has 2 nitrogen and oxygen atoms in total. The van der Waals surface area contributed by atoms with E-state index in [0.29, 0.717) is 11.5 Å². The zero-order chi connectivity index (χ0) is 13.5. The van der Waals surface area contributed by atoms with Crippen molar-refractivity contribution in [3.63, 3.8) is 0 Å². The van der Waals surface area contributed by atoms with Gasteiger partial charge in [-0.05, 0) is 59.3 Å². The second-order valence-electron chi connectivity index (χ2n) is 6.48. The lowest BCUT2D eigenvalue weighted by molar-refractivity contribution is 0.0460. The molecule has 0 radical (unpaired) electrons. The summed E-state index contributed by atoms with van der Waals surface area (Å²) in [5.41, 5.74) is 0.594. The third-order valence-corrected chi connectivity index (χ3v) is 3.58. The molecule has 0 amide bonds. The first-order valence-corrected chi connectivity index (χ1v) is 7.11. The molecular weight excluding hydrogens is 210 g/mol. The van der Waals surface area contributed by atoms with Crippen molar-refractivity contribution in [1.29, 1.82) is 0 Å². The minimum atomic E-state index is 0.203. The van der Waals surface area contributed by atoms with Crippen LogP contribution in [0.15, 0.2) is 0 Å². The van der Waals surface area contributed by atoms with Gasteiger partial charge in [0.05, 0.1) is 6.10 Å². The van der Waals surface area contributed by atoms with Crippen molar-refractivity contribution in [1.82, 2.24) is 5.32 Å². The van der Waals surface area contributed by atoms with Crippen molar-refractivity contribution < 1.29 is 4.74 Å². The summed E-state index contributed by atoms with van der Waals surface area (Å²) in [6, 6.07) is 0. The number of ether oxygens (including phenoxy) is 1. The molecule has 0 rings (SSSR count). The van der Waals surface area contributed by atoms with Crippen LogP contribution in [0.1, 0.15) is 67.7 Å². The second kappa shape index (κ2) is 7.38. The van der Waals surface area contributed by atoms with E-state index < -0.39 is 0 Å². The van der Waals surface area contributed by atoms with E-state index in [0.717, 1.165) is 19.6 Å². The van der Waals surface area contributed by atoms with Gasteiger partial charge in [0, 0.05) is 18.7 Å². The quantitative estimate of drug-likeness (QED) is 0.696. The van der Waals surface area contributed by atoms with Gasteiger partial charge in [0.2, 0.25) is 0 Å². The van der Waals surface area contributed by atoms with Gasteiger partial charge in [-0.25, -0.2) is 0 Å². The van der Waals surface area contributed by atoms with Crippen LogP contribution in [-0.4, -0.2) is 24.8 Å². The first-order chi connectivity index (χ1) is 7.74. The Balaban J connectivity index is 4.25. The molecule has 0 atom stereocenters. The molecule has 0 heterocycles. The predicted molar refractivity (Wildman–Crippen MR) is 76.5 cm³/mol. The molecule has 0 aromatic heterocycles. The normalized spacial score (nSPS) is 13.4. The lowest BCUT2D eigenvalue weighted by Crippen LogP contribution is -2.44. The predicted octanol–water partition coefficient (Wildman–Crippen LogP) is 4.00. The molecule has 0 aromatic carbocycles. The average molecular weight is 243 g/mol. The van der Waals surface area contributed by atoms with Crippen LogP contribution < -0.4 is 5.32 Å². The van der Waals surface area contributed by atoms with Crippen LogP contribution in [0.25, 0.3) is 0 Å². The highest BCUT2D eigenvalue weighted by atomic mass is 16.5. The summed E-state index contributed by atoms with van der Waals surface area (Å²) in [7, 11) is 0. The fourth-order valence-electron chi connectivity index (χ4n) is 1.91. The number of hydrogen-bond acceptors (Lipinski definition) is 2. The smallest absolute Gasteiger partial charge is 0.0518 e. The van der Waals surface area contributed by atoms with E-state index in [4.69, 9.17) is 4.74 Å². The molecule has 17 heavy (non-hydrogen) atoms. The van der Waals surface area contributed by atoms with E-state index in [1.807, 2.05) is 0 Å². The molecule has 0 saturated heterocycles. The molecule has 0 saturated carbocycles. The van der Waals surface area contributed by atoms with Crippen LogP contribution in [0, 0.1) is 5.41 Å². The molecule has 0 aliphatic rings. The second-order valence-corrected chi connectivity index (χ2v) is 6.48. The molecular formula is C15H33NO. The standard InChI is InChI=1S/C15H33NO/c1-8-15(9-2,10-11-17-13(3)4)12-16-14(5,6)7/h13,16H,8-12H2,1-7H3. The van der Waals surface area contributed by atoms with Gasteiger partial charge in [0.15, 0.2) is 0 Å². The highest BCUT2D eigenvalue weighted by Gasteiger charge is 2.27. The van der Waals surface area contributed by atoms with E-state index in [2.05, 4.69) is 53.8 Å². The van der Waals surface area contributed by atoms with E-state index >= 15 is 0 Å². The molecule has 0 aliphatic heterocycles. The molecule has 0 unspecified atom stereocenters. The Morgan fingerprint density at radius 3 is 1.94 bits per heavy atom. The fraction of sp³-hybridized carbons (Fsp3) is 1.00. The Bertz CT molecular complexity index is 190. The minimum Gasteiger partial charge on any atom is -0.379 e. The monoisotopic (exact) mass is 243 g/mol. The molecule has 1 N–H and O–H groups in total. The first-order valence-electron chi connectivity index (χ1n) is 7.11. The Morgan fingerprint density at radius 2 is 1.59 bits per heavy atom. The molecule has 0 fully saturated rings. The van der Waals surface area contributed by atoms with Crippen LogP contribution >= 0.6 is 0 Å². The van der Waals surface area contributed by atoms with Crippen molar-refractivity contribution in [2.75, 3.05) is 13.2 Å². The van der Waals surface area contributed by atoms with Gasteiger partial charge in [0.25, 0.3) is 0 Å². The van der Waals surface area contributed by atoms with Crippen molar-refractivity contribution >= 4 is 0 Å². The van der Waals surface area contributed by atoms with Crippen LogP contribution in [0.2, 0.25) is 0 Å². The lowest BCUT2D eigenvalue weighted by atomic mass is 9.79. The van der Waals surface area contributed by atoms with Gasteiger partial charge in [-0.1, -0.05) is 13.8 Å². The summed E-state index contributed by atoms with van der Waals surface area (Å²) in [6.45, 7) is 17.5. The van der Waals surface area contributed by atoms with Crippen molar-refractivity contribution in [2.45, 2.75) is 79.4 Å². The summed E-state index contributed by atoms with van der Waals surface area (Å²) in [5.74, 6) is 0. The van der Waals surface area contributed by atoms with E-state index in [1.165, 1.54) is 12.8 Å². The summed E-state index contributed by atoms with van der Waals surface area (Å²) >= 11 is 0. The molecule has 0 aromatic rings. The van der Waals surface area contributed by atoms with Crippen molar-refractivity contribution in [3.05, 3.63) is 0 Å². The Hall–Kier alpha value is -0.0800. The van der Waals surface area contributed by atoms with Gasteiger partial charge < -0.3 is 10.1 Å². The topological polar surface area (TPSA) is 21.3 Å². The Kier molecular flexibility index (Phi) is 7.34. The molecule has 0 bridgehead atoms. The van der Waals surface area contributed by atoms with E-state index in [-0.39, 0.29) is 5.54 Å². The largest absolute Gasteiger partial charge is 0.379 e. The van der Waals surface area contributed by atoms with Crippen LogP contribution in [0.3, 0.4) is 0 Å². The third-order valence-electron chi connectivity index (χ3n) is 3.58. The summed E-state index contributed by atoms with van der Waals surface area (Å²) in [6.07, 6.45) is 3.93. The van der Waals surface area contributed by atoms with Gasteiger partial charge in [-0.2, -0.15) is 0 Å². The summed E-state index contributed by atoms with van der Waals surface area (Å²) in [4.78, 5) is 0. The zero-order valence-corrected chi connectivity index (χ0v) is 13.0. The number of rotatable bonds is 8. The summed E-state index contributed by atoms with van der Waals surface area (Å²) < 4.78 is 5.71. The SMILES string of the molecule is CCC(CC)(CCOC(C)C)CNC(C)(C)C. The van der Waals surface area contributed by atoms with Gasteiger partial charge in [-0.3, -0.25) is 0 Å². The highest BCUT2D eigenvalue weighted by molar-refractivity contribution is 4.83. The fourth-order valence-corrected chi connectivity index (χ4v) is 1.91. The first kappa shape index (κ1) is 16.9. The molecule has 104 valence electrons. The van der Waals surface area contributed by atoms with Gasteiger partial charge in [0.1, 0.15) is 0 Å². The average Bonchev–Trinajstić information content (AvgIpc) is 2.22. The maximum atomic E-state index is 5.71. The van der Waals surface area contributed by atoms with Crippen molar-refractivity contribution in [2.24, 2.45) is 5.41 Å².